The summed E-state index contributed by atoms with van der Waals surface area (Å²) in [6, 6.07) is 3.39. The van der Waals surface area contributed by atoms with Gasteiger partial charge in [-0.05, 0) is 25.5 Å². The molecular weight excluding hydrogens is 376 g/mol. The van der Waals surface area contributed by atoms with Crippen molar-refractivity contribution in [3.05, 3.63) is 38.9 Å². The molecular formula is C14H15ClN2O7S. The molecule has 0 unspecified atom stereocenters. The van der Waals surface area contributed by atoms with Crippen LogP contribution in [0.4, 0.5) is 5.69 Å². The number of nitrogens with one attached hydrogen (secondary N) is 1. The van der Waals surface area contributed by atoms with E-state index in [2.05, 4.69) is 5.32 Å². The molecule has 1 saturated heterocycles. The van der Waals surface area contributed by atoms with Gasteiger partial charge in [0.15, 0.2) is 16.4 Å². The summed E-state index contributed by atoms with van der Waals surface area (Å²) in [6.07, 6.45) is 0.259. The zero-order chi connectivity index (χ0) is 18.8. The van der Waals surface area contributed by atoms with E-state index in [1.807, 2.05) is 0 Å². The number of rotatable bonds is 5. The topological polar surface area (TPSA) is 133 Å². The highest BCUT2D eigenvalue weighted by atomic mass is 35.5. The number of esters is 1. The first-order valence-electron chi connectivity index (χ1n) is 7.14. The van der Waals surface area contributed by atoms with Crippen LogP contribution in [0.15, 0.2) is 18.2 Å². The molecule has 0 aromatic heterocycles. The largest absolute Gasteiger partial charge is 0.452 e. The number of benzene rings is 1. The average Bonchev–Trinajstić information content (AvgIpc) is 2.77. The van der Waals surface area contributed by atoms with Gasteiger partial charge in [0.05, 0.1) is 22.0 Å². The first-order chi connectivity index (χ1) is 11.5. The van der Waals surface area contributed by atoms with Gasteiger partial charge in [0.25, 0.3) is 11.6 Å². The number of sulfone groups is 1. The van der Waals surface area contributed by atoms with E-state index in [0.29, 0.717) is 0 Å². The van der Waals surface area contributed by atoms with Crippen molar-refractivity contribution in [3.8, 4) is 0 Å². The highest BCUT2D eigenvalue weighted by Gasteiger charge is 2.39. The molecule has 1 amide bonds. The minimum Gasteiger partial charge on any atom is -0.452 e. The highest BCUT2D eigenvalue weighted by Crippen LogP contribution is 2.24. The first kappa shape index (κ1) is 19.1. The molecule has 136 valence electrons. The number of amides is 1. The van der Waals surface area contributed by atoms with E-state index in [1.165, 1.54) is 6.07 Å². The molecule has 11 heteroatoms. The predicted molar refractivity (Wildman–Crippen MR) is 88.2 cm³/mol. The number of carbonyl (C=O) groups is 2. The maximum Gasteiger partial charge on any atom is 0.345 e. The number of halogens is 1. The Balaban J connectivity index is 2.00. The van der Waals surface area contributed by atoms with Crippen molar-refractivity contribution in [2.24, 2.45) is 0 Å². The number of nitro groups is 1. The van der Waals surface area contributed by atoms with E-state index in [4.69, 9.17) is 16.3 Å². The van der Waals surface area contributed by atoms with Crippen molar-refractivity contribution in [2.75, 3.05) is 18.1 Å². The van der Waals surface area contributed by atoms with Crippen molar-refractivity contribution in [1.82, 2.24) is 5.32 Å². The van der Waals surface area contributed by atoms with E-state index < -0.39 is 44.5 Å². The van der Waals surface area contributed by atoms with Crippen molar-refractivity contribution >= 4 is 39.0 Å². The van der Waals surface area contributed by atoms with Gasteiger partial charge in [-0.25, -0.2) is 13.2 Å². The molecule has 1 fully saturated rings. The summed E-state index contributed by atoms with van der Waals surface area (Å²) in [5.41, 5.74) is -1.80. The second-order valence-corrected chi connectivity index (χ2v) is 8.57. The number of hydrogen-bond acceptors (Lipinski definition) is 7. The van der Waals surface area contributed by atoms with Crippen LogP contribution in [0.2, 0.25) is 5.02 Å². The van der Waals surface area contributed by atoms with Gasteiger partial charge in [-0.1, -0.05) is 11.6 Å². The second-order valence-electron chi connectivity index (χ2n) is 5.95. The third-order valence-electron chi connectivity index (χ3n) is 3.65. The maximum atomic E-state index is 12.0. The van der Waals surface area contributed by atoms with Crippen molar-refractivity contribution in [1.29, 1.82) is 0 Å². The standard InChI is InChI=1S/C14H15ClN2O7S/c1-14(4-5-25(22,23)8-14)16-12(18)7-24-13(19)10-6-9(15)2-3-11(10)17(20)21/h2-3,6H,4-5,7-8H2,1H3,(H,16,18)/t14-/m0/s1. The zero-order valence-electron chi connectivity index (χ0n) is 13.2. The molecule has 0 spiro atoms. The molecule has 1 atom stereocenters. The van der Waals surface area contributed by atoms with Gasteiger partial charge >= 0.3 is 5.97 Å². The number of hydrogen-bond donors (Lipinski definition) is 1. The number of nitro benzene ring substituents is 1. The van der Waals surface area contributed by atoms with Gasteiger partial charge in [-0.3, -0.25) is 14.9 Å². The van der Waals surface area contributed by atoms with Crippen LogP contribution in [0.3, 0.4) is 0 Å². The lowest BCUT2D eigenvalue weighted by Gasteiger charge is -2.23. The van der Waals surface area contributed by atoms with Crippen LogP contribution in [0.5, 0.6) is 0 Å². The average molecular weight is 391 g/mol. The van der Waals surface area contributed by atoms with Crippen molar-refractivity contribution in [3.63, 3.8) is 0 Å². The minimum atomic E-state index is -3.21. The molecule has 1 aromatic rings. The molecule has 0 aliphatic carbocycles. The lowest BCUT2D eigenvalue weighted by atomic mass is 10.0. The lowest BCUT2D eigenvalue weighted by Crippen LogP contribution is -2.48. The van der Waals surface area contributed by atoms with Crippen molar-refractivity contribution < 1.29 is 27.7 Å². The SMILES string of the molecule is C[C@]1(NC(=O)COC(=O)c2cc(Cl)ccc2[N+](=O)[O-])CCS(=O)(=O)C1. The normalized spacial score (nSPS) is 21.5. The number of carbonyl (C=O) groups excluding carboxylic acids is 2. The molecule has 2 rings (SSSR count). The van der Waals surface area contributed by atoms with E-state index >= 15 is 0 Å². The van der Waals surface area contributed by atoms with Gasteiger partial charge < -0.3 is 10.1 Å². The Kier molecular flexibility index (Phi) is 5.33. The van der Waals surface area contributed by atoms with Gasteiger partial charge in [0.1, 0.15) is 5.56 Å². The zero-order valence-corrected chi connectivity index (χ0v) is 14.7. The molecule has 1 aromatic carbocycles. The van der Waals surface area contributed by atoms with Gasteiger partial charge in [0.2, 0.25) is 0 Å². The smallest absolute Gasteiger partial charge is 0.345 e. The quantitative estimate of drug-likeness (QED) is 0.452. The summed E-state index contributed by atoms with van der Waals surface area (Å²) in [5.74, 6) is -2.00. The molecule has 1 aliphatic heterocycles. The molecule has 0 bridgehead atoms. The summed E-state index contributed by atoms with van der Waals surface area (Å²) in [7, 11) is -3.21. The Morgan fingerprint density at radius 1 is 1.44 bits per heavy atom. The van der Waals surface area contributed by atoms with E-state index in [9.17, 15) is 28.1 Å². The summed E-state index contributed by atoms with van der Waals surface area (Å²) in [6.45, 7) is 0.886. The first-order valence-corrected chi connectivity index (χ1v) is 9.34. The Morgan fingerprint density at radius 2 is 2.12 bits per heavy atom. The Labute approximate surface area is 148 Å². The van der Waals surface area contributed by atoms with Crippen LogP contribution in [-0.4, -0.2) is 48.9 Å². The summed E-state index contributed by atoms with van der Waals surface area (Å²) >= 11 is 5.72. The molecule has 25 heavy (non-hydrogen) atoms. The van der Waals surface area contributed by atoms with Crippen LogP contribution in [0.25, 0.3) is 0 Å². The Hall–Kier alpha value is -2.20. The molecule has 0 radical (unpaired) electrons. The predicted octanol–water partition coefficient (Wildman–Crippen LogP) is 1.10. The molecule has 9 nitrogen and oxygen atoms in total. The fraction of sp³-hybridized carbons (Fsp3) is 0.429. The van der Waals surface area contributed by atoms with Gasteiger partial charge in [-0.2, -0.15) is 0 Å². The fourth-order valence-electron chi connectivity index (χ4n) is 2.52. The number of nitrogens with zero attached hydrogens (tertiary/aromatic N) is 1. The van der Waals surface area contributed by atoms with E-state index in [0.717, 1.165) is 12.1 Å². The second kappa shape index (κ2) is 6.96. The third kappa shape index (κ3) is 4.89. The monoisotopic (exact) mass is 390 g/mol. The van der Waals surface area contributed by atoms with Gasteiger partial charge in [0, 0.05) is 11.1 Å². The third-order valence-corrected chi connectivity index (χ3v) is 5.79. The van der Waals surface area contributed by atoms with Crippen LogP contribution >= 0.6 is 11.6 Å². The molecule has 1 aliphatic rings. The number of ether oxygens (including phenoxy) is 1. The Bertz CT molecular complexity index is 840. The van der Waals surface area contributed by atoms with E-state index in [1.54, 1.807) is 6.92 Å². The lowest BCUT2D eigenvalue weighted by molar-refractivity contribution is -0.385. The van der Waals surface area contributed by atoms with Crippen LogP contribution in [0, 0.1) is 10.1 Å². The fourth-order valence-corrected chi connectivity index (χ4v) is 4.79. The molecule has 1 heterocycles. The van der Waals surface area contributed by atoms with Crippen LogP contribution < -0.4 is 5.32 Å². The molecule has 1 N–H and O–H groups in total. The minimum absolute atomic E-state index is 0.0295. The summed E-state index contributed by atoms with van der Waals surface area (Å²) in [4.78, 5) is 34.0. The highest BCUT2D eigenvalue weighted by molar-refractivity contribution is 7.91. The summed E-state index contributed by atoms with van der Waals surface area (Å²) < 4.78 is 27.8. The van der Waals surface area contributed by atoms with Crippen LogP contribution in [-0.2, 0) is 19.4 Å². The summed E-state index contributed by atoms with van der Waals surface area (Å²) in [5, 5.41) is 13.5. The van der Waals surface area contributed by atoms with Gasteiger partial charge in [-0.15, -0.1) is 0 Å². The maximum absolute atomic E-state index is 12.0. The van der Waals surface area contributed by atoms with E-state index in [-0.39, 0.29) is 28.5 Å². The molecule has 0 saturated carbocycles. The van der Waals surface area contributed by atoms with Crippen LogP contribution in [0.1, 0.15) is 23.7 Å². The van der Waals surface area contributed by atoms with Crippen molar-refractivity contribution in [2.45, 2.75) is 18.9 Å². The Morgan fingerprint density at radius 3 is 2.68 bits per heavy atom.